The molecule has 2 saturated carbocycles. The van der Waals surface area contributed by atoms with Crippen LogP contribution in [0.5, 0.6) is 11.5 Å². The molecule has 1 aliphatic heterocycles. The number of hydrogen-bond donors (Lipinski definition) is 3. The summed E-state index contributed by atoms with van der Waals surface area (Å²) in [4.78, 5) is 24.3. The number of likely N-dealkylation sites (tertiary alicyclic amines) is 1. The zero-order valence-electron chi connectivity index (χ0n) is 25.0. The van der Waals surface area contributed by atoms with Gasteiger partial charge in [-0.3, -0.25) is 4.90 Å². The zero-order chi connectivity index (χ0) is 32.9. The third-order valence-corrected chi connectivity index (χ3v) is 9.16. The van der Waals surface area contributed by atoms with Crippen molar-refractivity contribution in [2.45, 2.75) is 87.5 Å². The molecular formula is C31H37F6N3O5. The molecule has 2 aromatic carbocycles. The number of nitrogens with one attached hydrogen (secondary N) is 2. The van der Waals surface area contributed by atoms with E-state index in [9.17, 15) is 31.1 Å². The number of aliphatic carboxylic acids is 1. The second-order valence-electron chi connectivity index (χ2n) is 11.6. The first-order chi connectivity index (χ1) is 21.3. The molecule has 3 fully saturated rings. The molecule has 0 bridgehead atoms. The predicted molar refractivity (Wildman–Crippen MR) is 153 cm³/mol. The van der Waals surface area contributed by atoms with Crippen LogP contribution in [0.3, 0.4) is 0 Å². The van der Waals surface area contributed by atoms with E-state index in [1.54, 1.807) is 14.2 Å². The van der Waals surface area contributed by atoms with Crippen molar-refractivity contribution < 1.29 is 50.5 Å². The van der Waals surface area contributed by atoms with Crippen LogP contribution in [0.2, 0.25) is 0 Å². The number of urea groups is 1. The first-order valence-electron chi connectivity index (χ1n) is 14.8. The number of fused-ring (bicyclic) bond motifs is 1. The van der Waals surface area contributed by atoms with Crippen molar-refractivity contribution >= 4 is 17.7 Å². The van der Waals surface area contributed by atoms with Crippen LogP contribution in [0.4, 0.5) is 36.8 Å². The molecule has 2 aromatic rings. The molecular weight excluding hydrogens is 608 g/mol. The molecule has 1 saturated heterocycles. The standard InChI is InChI=1S/C29H36F3N3O3.C2HF3O2/c1-37-23-11-8-18(16-24(23)38-2)29-13-12-19(17-25(29)35(15-14-29)20-6-4-3-5-7-20)33-28(36)34-22-10-9-21(30)26(31)27(22)32;3-2(4,5)1(6)7/h8-11,16,19-20,25H,3-7,12-15,17H2,1-2H3,(H2,33,34,36);(H,6,7). The van der Waals surface area contributed by atoms with E-state index in [-0.39, 0.29) is 23.2 Å². The fourth-order valence-corrected chi connectivity index (χ4v) is 7.01. The highest BCUT2D eigenvalue weighted by atomic mass is 19.4. The summed E-state index contributed by atoms with van der Waals surface area (Å²) in [6.07, 6.45) is 4.45. The number of anilines is 1. The number of alkyl halides is 3. The van der Waals surface area contributed by atoms with Gasteiger partial charge in [-0.1, -0.05) is 25.3 Å². The van der Waals surface area contributed by atoms with Gasteiger partial charge < -0.3 is 25.2 Å². The van der Waals surface area contributed by atoms with E-state index in [0.717, 1.165) is 44.4 Å². The fraction of sp³-hybridized carbons (Fsp3) is 0.548. The summed E-state index contributed by atoms with van der Waals surface area (Å²) in [5, 5.41) is 12.4. The number of amides is 2. The Morgan fingerprint density at radius 1 is 0.933 bits per heavy atom. The second-order valence-corrected chi connectivity index (χ2v) is 11.6. The third-order valence-electron chi connectivity index (χ3n) is 9.16. The number of nitrogens with zero attached hydrogens (tertiary/aromatic N) is 1. The van der Waals surface area contributed by atoms with Gasteiger partial charge in [0.1, 0.15) is 0 Å². The molecule has 1 heterocycles. The Morgan fingerprint density at radius 2 is 1.60 bits per heavy atom. The Hall–Kier alpha value is -3.68. The maximum atomic E-state index is 14.1. The lowest BCUT2D eigenvalue weighted by molar-refractivity contribution is -0.192. The lowest BCUT2D eigenvalue weighted by Gasteiger charge is -2.47. The van der Waals surface area contributed by atoms with Crippen LogP contribution in [-0.4, -0.2) is 67.1 Å². The maximum absolute atomic E-state index is 14.1. The smallest absolute Gasteiger partial charge is 0.490 e. The summed E-state index contributed by atoms with van der Waals surface area (Å²) in [6.45, 7) is 1.00. The molecule has 0 spiro atoms. The van der Waals surface area contributed by atoms with Gasteiger partial charge in [-0.15, -0.1) is 0 Å². The number of methoxy groups -OCH3 is 2. The van der Waals surface area contributed by atoms with Crippen LogP contribution >= 0.6 is 0 Å². The van der Waals surface area contributed by atoms with Crippen LogP contribution in [-0.2, 0) is 10.2 Å². The van der Waals surface area contributed by atoms with E-state index < -0.39 is 35.6 Å². The van der Waals surface area contributed by atoms with E-state index in [1.165, 1.54) is 37.7 Å². The van der Waals surface area contributed by atoms with Gasteiger partial charge in [0.15, 0.2) is 29.0 Å². The predicted octanol–water partition coefficient (Wildman–Crippen LogP) is 6.77. The van der Waals surface area contributed by atoms with Crippen LogP contribution in [0, 0.1) is 17.5 Å². The van der Waals surface area contributed by atoms with Gasteiger partial charge in [0, 0.05) is 23.5 Å². The molecule has 248 valence electrons. The highest BCUT2D eigenvalue weighted by Gasteiger charge is 2.53. The minimum Gasteiger partial charge on any atom is -0.493 e. The molecule has 3 N–H and O–H groups in total. The number of rotatable bonds is 6. The molecule has 8 nitrogen and oxygen atoms in total. The summed E-state index contributed by atoms with van der Waals surface area (Å²) in [5.74, 6) is -5.65. The van der Waals surface area contributed by atoms with Crippen molar-refractivity contribution in [1.29, 1.82) is 0 Å². The number of benzene rings is 2. The normalized spacial score (nSPS) is 23.7. The minimum atomic E-state index is -5.08. The maximum Gasteiger partial charge on any atom is 0.490 e. The Kier molecular flexibility index (Phi) is 10.8. The average Bonchev–Trinajstić information content (AvgIpc) is 3.41. The summed E-state index contributed by atoms with van der Waals surface area (Å²) in [7, 11) is 3.28. The molecule has 45 heavy (non-hydrogen) atoms. The van der Waals surface area contributed by atoms with Crippen molar-refractivity contribution in [2.75, 3.05) is 26.1 Å². The highest BCUT2D eigenvalue weighted by Crippen LogP contribution is 2.51. The summed E-state index contributed by atoms with van der Waals surface area (Å²) in [5.41, 5.74) is 0.768. The van der Waals surface area contributed by atoms with Crippen molar-refractivity contribution in [3.05, 3.63) is 53.3 Å². The Morgan fingerprint density at radius 3 is 2.22 bits per heavy atom. The largest absolute Gasteiger partial charge is 0.493 e. The first-order valence-corrected chi connectivity index (χ1v) is 14.8. The summed E-state index contributed by atoms with van der Waals surface area (Å²) >= 11 is 0. The third kappa shape index (κ3) is 7.59. The number of carboxylic acids is 1. The number of hydrogen-bond acceptors (Lipinski definition) is 5. The SMILES string of the molecule is COc1ccc(C23CCC(NC(=O)Nc4ccc(F)c(F)c4F)CC2N(C2CCCCC2)CC3)cc1OC.O=C(O)C(F)(F)F. The molecule has 14 heteroatoms. The number of carbonyl (C=O) groups is 2. The minimum absolute atomic E-state index is 0.0716. The van der Waals surface area contributed by atoms with Gasteiger partial charge in [0.25, 0.3) is 0 Å². The molecule has 0 radical (unpaired) electrons. The van der Waals surface area contributed by atoms with E-state index in [1.807, 2.05) is 6.07 Å². The van der Waals surface area contributed by atoms with Gasteiger partial charge in [0.2, 0.25) is 0 Å². The van der Waals surface area contributed by atoms with Crippen LogP contribution in [0.1, 0.15) is 63.4 Å². The molecule has 5 rings (SSSR count). The van der Waals surface area contributed by atoms with Gasteiger partial charge in [-0.05, 0) is 74.9 Å². The molecule has 3 atom stereocenters. The van der Waals surface area contributed by atoms with E-state index >= 15 is 0 Å². The number of halogens is 6. The first kappa shape index (κ1) is 34.2. The topological polar surface area (TPSA) is 100 Å². The molecule has 3 unspecified atom stereocenters. The number of ether oxygens (including phenoxy) is 2. The Labute approximate surface area is 257 Å². The quantitative estimate of drug-likeness (QED) is 0.237. The lowest BCUT2D eigenvalue weighted by Crippen LogP contribution is -2.55. The lowest BCUT2D eigenvalue weighted by atomic mass is 9.64. The van der Waals surface area contributed by atoms with Crippen LogP contribution in [0.25, 0.3) is 0 Å². The Balaban J connectivity index is 0.000000591. The Bertz CT molecular complexity index is 1370. The van der Waals surface area contributed by atoms with Crippen molar-refractivity contribution in [3.63, 3.8) is 0 Å². The molecule has 0 aromatic heterocycles. The monoisotopic (exact) mass is 645 g/mol. The van der Waals surface area contributed by atoms with Crippen LogP contribution in [0.15, 0.2) is 30.3 Å². The van der Waals surface area contributed by atoms with Crippen molar-refractivity contribution in [1.82, 2.24) is 10.2 Å². The van der Waals surface area contributed by atoms with Crippen molar-refractivity contribution in [3.8, 4) is 11.5 Å². The number of carboxylic acid groups (broad SMARTS) is 1. The average molecular weight is 646 g/mol. The van der Waals surface area contributed by atoms with E-state index in [0.29, 0.717) is 17.5 Å². The zero-order valence-corrected chi connectivity index (χ0v) is 25.0. The van der Waals surface area contributed by atoms with Gasteiger partial charge >= 0.3 is 18.2 Å². The van der Waals surface area contributed by atoms with Crippen LogP contribution < -0.4 is 20.1 Å². The fourth-order valence-electron chi connectivity index (χ4n) is 7.01. The van der Waals surface area contributed by atoms with E-state index in [2.05, 4.69) is 27.7 Å². The van der Waals surface area contributed by atoms with E-state index in [4.69, 9.17) is 19.4 Å². The highest BCUT2D eigenvalue weighted by molar-refractivity contribution is 5.89. The van der Waals surface area contributed by atoms with Gasteiger partial charge in [-0.25, -0.2) is 22.8 Å². The van der Waals surface area contributed by atoms with Gasteiger partial charge in [-0.2, -0.15) is 13.2 Å². The number of carbonyl (C=O) groups excluding carboxylic acids is 1. The van der Waals surface area contributed by atoms with Gasteiger partial charge in [0.05, 0.1) is 19.9 Å². The summed E-state index contributed by atoms with van der Waals surface area (Å²) in [6, 6.07) is 8.03. The van der Waals surface area contributed by atoms with Crippen molar-refractivity contribution in [2.24, 2.45) is 0 Å². The molecule has 3 aliphatic rings. The molecule has 2 amide bonds. The summed E-state index contributed by atoms with van der Waals surface area (Å²) < 4.78 is 83.9. The molecule has 2 aliphatic carbocycles. The second kappa shape index (κ2) is 14.2.